The van der Waals surface area contributed by atoms with Crippen molar-refractivity contribution < 1.29 is 19.1 Å². The second-order valence-corrected chi connectivity index (χ2v) is 8.86. The van der Waals surface area contributed by atoms with Crippen molar-refractivity contribution in [1.82, 2.24) is 4.98 Å². The van der Waals surface area contributed by atoms with Gasteiger partial charge in [-0.2, -0.15) is 0 Å². The molecule has 1 amide bonds. The maximum absolute atomic E-state index is 13.2. The molecule has 4 rings (SSSR count). The van der Waals surface area contributed by atoms with Gasteiger partial charge in [0.05, 0.1) is 17.3 Å². The van der Waals surface area contributed by atoms with E-state index in [2.05, 4.69) is 10.3 Å². The lowest BCUT2D eigenvalue weighted by atomic mass is 9.64. The molecular formula is C19H20N2O4S. The molecule has 7 heteroatoms. The van der Waals surface area contributed by atoms with Gasteiger partial charge in [-0.3, -0.25) is 14.4 Å². The van der Waals surface area contributed by atoms with Crippen LogP contribution in [-0.4, -0.2) is 29.6 Å². The van der Waals surface area contributed by atoms with Gasteiger partial charge in [-0.1, -0.05) is 32.1 Å². The summed E-state index contributed by atoms with van der Waals surface area (Å²) >= 11 is 1.33. The van der Waals surface area contributed by atoms with Gasteiger partial charge >= 0.3 is 0 Å². The van der Waals surface area contributed by atoms with Gasteiger partial charge in [-0.15, -0.1) is 0 Å². The van der Waals surface area contributed by atoms with Gasteiger partial charge in [0, 0.05) is 11.5 Å². The summed E-state index contributed by atoms with van der Waals surface area (Å²) in [5, 5.41) is 3.23. The Hall–Kier alpha value is -2.28. The molecular weight excluding hydrogens is 352 g/mol. The first-order valence-corrected chi connectivity index (χ1v) is 9.34. The fourth-order valence-corrected chi connectivity index (χ4v) is 5.41. The molecule has 2 saturated carbocycles. The number of aromatic nitrogens is 1. The van der Waals surface area contributed by atoms with Crippen LogP contribution in [0.2, 0.25) is 0 Å². The molecule has 1 aromatic heterocycles. The van der Waals surface area contributed by atoms with Crippen molar-refractivity contribution in [2.24, 2.45) is 16.2 Å². The highest BCUT2D eigenvalue weighted by molar-refractivity contribution is 7.22. The number of hydrogen-bond donors (Lipinski definition) is 1. The number of amides is 1. The number of nitrogens with one attached hydrogen (secondary N) is 1. The van der Waals surface area contributed by atoms with Gasteiger partial charge in [-0.05, 0) is 30.4 Å². The highest BCUT2D eigenvalue weighted by atomic mass is 32.1. The molecule has 2 aliphatic carbocycles. The molecule has 6 nitrogen and oxygen atoms in total. The first-order valence-electron chi connectivity index (χ1n) is 8.53. The Bertz CT molecular complexity index is 979. The molecule has 0 aliphatic heterocycles. The molecule has 0 unspecified atom stereocenters. The minimum atomic E-state index is -1.31. The number of ketones is 2. The van der Waals surface area contributed by atoms with Gasteiger partial charge < -0.3 is 10.1 Å². The van der Waals surface area contributed by atoms with Crippen molar-refractivity contribution in [2.45, 2.75) is 33.6 Å². The summed E-state index contributed by atoms with van der Waals surface area (Å²) in [6.07, 6.45) is 0.945. The Morgan fingerprint density at radius 3 is 2.54 bits per heavy atom. The molecule has 1 N–H and O–H groups in total. The number of fused-ring (bicyclic) bond motifs is 3. The normalized spacial score (nSPS) is 29.4. The number of rotatable bonds is 3. The second-order valence-electron chi connectivity index (χ2n) is 7.83. The predicted molar refractivity (Wildman–Crippen MR) is 98.4 cm³/mol. The molecule has 2 aromatic rings. The summed E-state index contributed by atoms with van der Waals surface area (Å²) in [6, 6.07) is 5.50. The third kappa shape index (κ3) is 1.81. The van der Waals surface area contributed by atoms with Crippen LogP contribution in [0.25, 0.3) is 10.2 Å². The summed E-state index contributed by atoms with van der Waals surface area (Å²) in [4.78, 5) is 42.9. The monoisotopic (exact) mass is 372 g/mol. The van der Waals surface area contributed by atoms with Crippen molar-refractivity contribution in [1.29, 1.82) is 0 Å². The van der Waals surface area contributed by atoms with Crippen LogP contribution in [0.5, 0.6) is 5.75 Å². The Labute approximate surface area is 154 Å². The SMILES string of the molecule is COc1ccc2sc(NC(=O)[C@@]34CC[C@@](C)(C(=O)C3=O)C4(C)C)nc2c1. The van der Waals surface area contributed by atoms with Crippen LogP contribution in [0.15, 0.2) is 18.2 Å². The summed E-state index contributed by atoms with van der Waals surface area (Å²) in [6.45, 7) is 5.51. The average Bonchev–Trinajstić information content (AvgIpc) is 3.12. The predicted octanol–water partition coefficient (Wildman–Crippen LogP) is 3.21. The molecule has 26 heavy (non-hydrogen) atoms. The van der Waals surface area contributed by atoms with E-state index in [1.165, 1.54) is 11.3 Å². The molecule has 1 aromatic carbocycles. The quantitative estimate of drug-likeness (QED) is 0.660. The maximum atomic E-state index is 13.2. The fraction of sp³-hybridized carbons (Fsp3) is 0.474. The first kappa shape index (κ1) is 17.1. The number of nitrogens with zero attached hydrogens (tertiary/aromatic N) is 1. The largest absolute Gasteiger partial charge is 0.497 e. The number of thiazole rings is 1. The lowest BCUT2D eigenvalue weighted by molar-refractivity contribution is -0.147. The molecule has 2 aliphatic rings. The Morgan fingerprint density at radius 2 is 1.92 bits per heavy atom. The van der Waals surface area contributed by atoms with E-state index in [1.807, 2.05) is 26.0 Å². The molecule has 0 spiro atoms. The molecule has 2 atom stereocenters. The van der Waals surface area contributed by atoms with Crippen LogP contribution >= 0.6 is 11.3 Å². The third-order valence-corrected chi connectivity index (χ3v) is 7.70. The highest BCUT2D eigenvalue weighted by Crippen LogP contribution is 2.69. The van der Waals surface area contributed by atoms with E-state index in [0.717, 1.165) is 4.70 Å². The summed E-state index contributed by atoms with van der Waals surface area (Å²) in [5.41, 5.74) is -2.10. The van der Waals surface area contributed by atoms with Crippen LogP contribution in [0.4, 0.5) is 5.13 Å². The zero-order chi connectivity index (χ0) is 18.9. The molecule has 1 heterocycles. The lowest BCUT2D eigenvalue weighted by Crippen LogP contribution is -2.47. The van der Waals surface area contributed by atoms with E-state index < -0.39 is 33.7 Å². The Morgan fingerprint density at radius 1 is 1.19 bits per heavy atom. The summed E-state index contributed by atoms with van der Waals surface area (Å²) in [7, 11) is 1.58. The number of hydrogen-bond acceptors (Lipinski definition) is 6. The zero-order valence-electron chi connectivity index (χ0n) is 15.1. The van der Waals surface area contributed by atoms with Crippen molar-refractivity contribution in [3.05, 3.63) is 18.2 Å². The van der Waals surface area contributed by atoms with Crippen LogP contribution < -0.4 is 10.1 Å². The van der Waals surface area contributed by atoms with Gasteiger partial charge in [-0.25, -0.2) is 4.98 Å². The third-order valence-electron chi connectivity index (χ3n) is 6.74. The first-order chi connectivity index (χ1) is 12.2. The van der Waals surface area contributed by atoms with E-state index in [4.69, 9.17) is 4.74 Å². The number of anilines is 1. The molecule has 136 valence electrons. The fourth-order valence-electron chi connectivity index (χ4n) is 4.56. The number of ether oxygens (including phenoxy) is 1. The molecule has 2 fully saturated rings. The number of carbonyl (C=O) groups excluding carboxylic acids is 3. The summed E-state index contributed by atoms with van der Waals surface area (Å²) < 4.78 is 6.10. The number of carbonyl (C=O) groups is 3. The lowest BCUT2D eigenvalue weighted by Gasteiger charge is -2.36. The summed E-state index contributed by atoms with van der Waals surface area (Å²) in [5.74, 6) is -0.717. The Kier molecular flexibility index (Phi) is 3.38. The van der Waals surface area contributed by atoms with Crippen LogP contribution in [0, 0.1) is 16.2 Å². The van der Waals surface area contributed by atoms with Gasteiger partial charge in [0.1, 0.15) is 11.2 Å². The topological polar surface area (TPSA) is 85.4 Å². The Balaban J connectivity index is 1.70. The smallest absolute Gasteiger partial charge is 0.240 e. The van der Waals surface area contributed by atoms with E-state index in [0.29, 0.717) is 29.2 Å². The highest BCUT2D eigenvalue weighted by Gasteiger charge is 2.77. The van der Waals surface area contributed by atoms with Gasteiger partial charge in [0.25, 0.3) is 0 Å². The van der Waals surface area contributed by atoms with Crippen molar-refractivity contribution in [3.63, 3.8) is 0 Å². The molecule has 0 saturated heterocycles. The zero-order valence-corrected chi connectivity index (χ0v) is 16.0. The van der Waals surface area contributed by atoms with Crippen molar-refractivity contribution in [2.75, 3.05) is 12.4 Å². The minimum absolute atomic E-state index is 0.394. The van der Waals surface area contributed by atoms with E-state index >= 15 is 0 Å². The maximum Gasteiger partial charge on any atom is 0.240 e. The van der Waals surface area contributed by atoms with E-state index in [9.17, 15) is 14.4 Å². The standard InChI is InChI=1S/C19H20N2O4S/c1-17(2)18(3)7-8-19(17,14(23)13(18)22)15(24)21-16-20-11-9-10(25-4)5-6-12(11)26-16/h5-6,9H,7-8H2,1-4H3,(H,20,21,24)/t18-,19+/m0/s1. The van der Waals surface area contributed by atoms with Crippen LogP contribution in [0.3, 0.4) is 0 Å². The molecule has 0 radical (unpaired) electrons. The number of methoxy groups -OCH3 is 1. The van der Waals surface area contributed by atoms with E-state index in [-0.39, 0.29) is 0 Å². The minimum Gasteiger partial charge on any atom is -0.497 e. The van der Waals surface area contributed by atoms with Gasteiger partial charge in [0.2, 0.25) is 17.5 Å². The second kappa shape index (κ2) is 5.13. The van der Waals surface area contributed by atoms with Crippen molar-refractivity contribution >= 4 is 44.2 Å². The van der Waals surface area contributed by atoms with Crippen molar-refractivity contribution in [3.8, 4) is 5.75 Å². The number of benzene rings is 1. The van der Waals surface area contributed by atoms with Gasteiger partial charge in [0.15, 0.2) is 5.13 Å². The van der Waals surface area contributed by atoms with Crippen LogP contribution in [-0.2, 0) is 14.4 Å². The average molecular weight is 372 g/mol. The number of Topliss-reactive ketones (excluding diaryl/α,β-unsaturated/α-hetero) is 2. The van der Waals surface area contributed by atoms with E-state index in [1.54, 1.807) is 20.1 Å². The van der Waals surface area contributed by atoms with Crippen LogP contribution in [0.1, 0.15) is 33.6 Å². The molecule has 2 bridgehead atoms.